The second-order valence-corrected chi connectivity index (χ2v) is 4.58. The molecule has 1 aromatic carbocycles. The van der Waals surface area contributed by atoms with Crippen LogP contribution in [0.1, 0.15) is 45.1 Å². The number of rotatable bonds is 2. The van der Waals surface area contributed by atoms with E-state index in [9.17, 15) is 9.59 Å². The molecular weight excluding hydrogens is 244 g/mol. The van der Waals surface area contributed by atoms with Gasteiger partial charge in [0.25, 0.3) is 11.8 Å². The van der Waals surface area contributed by atoms with Gasteiger partial charge < -0.3 is 0 Å². The van der Waals surface area contributed by atoms with Crippen LogP contribution in [0.25, 0.3) is 0 Å². The smallest absolute Gasteiger partial charge is 0.262 e. The number of aryl methyl sites for hydroxylation is 1. The van der Waals surface area contributed by atoms with Crippen LogP contribution in [0.4, 0.5) is 0 Å². The Kier molecular flexibility index (Phi) is 2.45. The molecule has 96 valence electrons. The van der Waals surface area contributed by atoms with Crippen LogP contribution in [0.15, 0.2) is 24.5 Å². The van der Waals surface area contributed by atoms with E-state index >= 15 is 0 Å². The Labute approximate surface area is 109 Å². The maximum atomic E-state index is 12.3. The predicted octanol–water partition coefficient (Wildman–Crippen LogP) is 1.47. The van der Waals surface area contributed by atoms with Gasteiger partial charge in [-0.25, -0.2) is 4.98 Å². The molecule has 1 atom stereocenters. The number of aromatic nitrogens is 3. The molecule has 2 amide bonds. The lowest BCUT2D eigenvalue weighted by Gasteiger charge is -2.19. The SMILES string of the molecule is Cc1ccc2c(c1)C(=O)N(C(C)c1ncn[nH]1)C2=O. The van der Waals surface area contributed by atoms with Gasteiger partial charge in [0.2, 0.25) is 0 Å². The molecule has 2 heterocycles. The largest absolute Gasteiger partial charge is 0.269 e. The van der Waals surface area contributed by atoms with Gasteiger partial charge in [0.05, 0.1) is 17.2 Å². The van der Waals surface area contributed by atoms with Crippen molar-refractivity contribution < 1.29 is 9.59 Å². The zero-order valence-electron chi connectivity index (χ0n) is 10.5. The average Bonchev–Trinajstić information content (AvgIpc) is 2.98. The predicted molar refractivity (Wildman–Crippen MR) is 66.5 cm³/mol. The van der Waals surface area contributed by atoms with Gasteiger partial charge in [0.1, 0.15) is 12.2 Å². The highest BCUT2D eigenvalue weighted by molar-refractivity contribution is 6.21. The molecule has 19 heavy (non-hydrogen) atoms. The molecule has 1 aliphatic rings. The monoisotopic (exact) mass is 256 g/mol. The van der Waals surface area contributed by atoms with Gasteiger partial charge in [-0.2, -0.15) is 5.10 Å². The van der Waals surface area contributed by atoms with Crippen molar-refractivity contribution in [3.05, 3.63) is 47.0 Å². The molecule has 2 aromatic rings. The van der Waals surface area contributed by atoms with Gasteiger partial charge in [0, 0.05) is 0 Å². The molecule has 1 N–H and O–H groups in total. The normalized spacial score (nSPS) is 15.8. The molecule has 0 saturated heterocycles. The molecule has 0 bridgehead atoms. The number of fused-ring (bicyclic) bond motifs is 1. The molecule has 0 spiro atoms. The Morgan fingerprint density at radius 1 is 1.21 bits per heavy atom. The van der Waals surface area contributed by atoms with E-state index in [1.54, 1.807) is 19.1 Å². The molecule has 6 heteroatoms. The number of nitrogens with one attached hydrogen (secondary N) is 1. The molecule has 6 nitrogen and oxygen atoms in total. The van der Waals surface area contributed by atoms with Gasteiger partial charge in [-0.1, -0.05) is 11.6 Å². The standard InChI is InChI=1S/C13H12N4O2/c1-7-3-4-9-10(5-7)13(19)17(12(9)18)8(2)11-14-6-15-16-11/h3-6,8H,1-2H3,(H,14,15,16). The number of H-pyrrole nitrogens is 1. The Hall–Kier alpha value is -2.50. The zero-order chi connectivity index (χ0) is 13.6. The first-order chi connectivity index (χ1) is 9.09. The maximum absolute atomic E-state index is 12.3. The van der Waals surface area contributed by atoms with E-state index in [1.165, 1.54) is 11.2 Å². The summed E-state index contributed by atoms with van der Waals surface area (Å²) in [5.74, 6) is -0.0808. The summed E-state index contributed by atoms with van der Waals surface area (Å²) in [7, 11) is 0. The minimum atomic E-state index is -0.463. The molecule has 1 unspecified atom stereocenters. The van der Waals surface area contributed by atoms with Gasteiger partial charge in [0.15, 0.2) is 0 Å². The van der Waals surface area contributed by atoms with Crippen molar-refractivity contribution in [1.29, 1.82) is 0 Å². The van der Waals surface area contributed by atoms with Crippen LogP contribution in [-0.2, 0) is 0 Å². The Morgan fingerprint density at radius 3 is 2.63 bits per heavy atom. The van der Waals surface area contributed by atoms with E-state index in [1.807, 2.05) is 13.0 Å². The van der Waals surface area contributed by atoms with Gasteiger partial charge in [-0.15, -0.1) is 0 Å². The molecule has 0 aliphatic carbocycles. The summed E-state index contributed by atoms with van der Waals surface area (Å²) >= 11 is 0. The summed E-state index contributed by atoms with van der Waals surface area (Å²) in [4.78, 5) is 29.8. The van der Waals surface area contributed by atoms with E-state index in [0.717, 1.165) is 5.56 Å². The van der Waals surface area contributed by atoms with Crippen molar-refractivity contribution in [2.45, 2.75) is 19.9 Å². The minimum Gasteiger partial charge on any atom is -0.269 e. The van der Waals surface area contributed by atoms with Crippen molar-refractivity contribution in [3.63, 3.8) is 0 Å². The summed E-state index contributed by atoms with van der Waals surface area (Å²) in [6, 6.07) is 4.79. The Morgan fingerprint density at radius 2 is 1.95 bits per heavy atom. The zero-order valence-corrected chi connectivity index (χ0v) is 10.5. The average molecular weight is 256 g/mol. The van der Waals surface area contributed by atoms with Crippen molar-refractivity contribution in [1.82, 2.24) is 20.1 Å². The Bertz CT molecular complexity index is 663. The van der Waals surface area contributed by atoms with Crippen LogP contribution in [0.5, 0.6) is 0 Å². The fraction of sp³-hybridized carbons (Fsp3) is 0.231. The van der Waals surface area contributed by atoms with E-state index < -0.39 is 6.04 Å². The third-order valence-electron chi connectivity index (χ3n) is 3.29. The second kappa shape index (κ2) is 4.01. The highest BCUT2D eigenvalue weighted by Crippen LogP contribution is 2.30. The third-order valence-corrected chi connectivity index (χ3v) is 3.29. The first-order valence-corrected chi connectivity index (χ1v) is 5.93. The van der Waals surface area contributed by atoms with E-state index in [0.29, 0.717) is 17.0 Å². The number of imide groups is 1. The van der Waals surface area contributed by atoms with Gasteiger partial charge in [-0.05, 0) is 26.0 Å². The van der Waals surface area contributed by atoms with Crippen LogP contribution in [0.2, 0.25) is 0 Å². The van der Waals surface area contributed by atoms with Crippen LogP contribution in [0, 0.1) is 6.92 Å². The summed E-state index contributed by atoms with van der Waals surface area (Å²) in [5, 5.41) is 6.43. The van der Waals surface area contributed by atoms with Gasteiger partial charge >= 0.3 is 0 Å². The molecule has 1 aliphatic heterocycles. The second-order valence-electron chi connectivity index (χ2n) is 4.58. The first kappa shape index (κ1) is 11.6. The number of carbonyl (C=O) groups is 2. The maximum Gasteiger partial charge on any atom is 0.262 e. The highest BCUT2D eigenvalue weighted by Gasteiger charge is 2.39. The lowest BCUT2D eigenvalue weighted by atomic mass is 10.1. The van der Waals surface area contributed by atoms with Crippen LogP contribution in [-0.4, -0.2) is 31.9 Å². The molecular formula is C13H12N4O2. The number of benzene rings is 1. The quantitative estimate of drug-likeness (QED) is 0.825. The molecule has 0 fully saturated rings. The topological polar surface area (TPSA) is 79.0 Å². The number of carbonyl (C=O) groups excluding carboxylic acids is 2. The van der Waals surface area contributed by atoms with Crippen molar-refractivity contribution in [3.8, 4) is 0 Å². The minimum absolute atomic E-state index is 0.285. The van der Waals surface area contributed by atoms with E-state index in [-0.39, 0.29) is 11.8 Å². The molecule has 1 aromatic heterocycles. The lowest BCUT2D eigenvalue weighted by molar-refractivity contribution is 0.0589. The Balaban J connectivity index is 2.03. The van der Waals surface area contributed by atoms with Crippen LogP contribution in [0.3, 0.4) is 0 Å². The molecule has 3 rings (SSSR count). The fourth-order valence-corrected chi connectivity index (χ4v) is 2.26. The third kappa shape index (κ3) is 1.64. The lowest BCUT2D eigenvalue weighted by Crippen LogP contribution is -2.33. The van der Waals surface area contributed by atoms with E-state index in [4.69, 9.17) is 0 Å². The number of hydrogen-bond donors (Lipinski definition) is 1. The van der Waals surface area contributed by atoms with Crippen molar-refractivity contribution in [2.75, 3.05) is 0 Å². The van der Waals surface area contributed by atoms with Crippen molar-refractivity contribution in [2.24, 2.45) is 0 Å². The summed E-state index contributed by atoms with van der Waals surface area (Å²) in [6.07, 6.45) is 1.36. The highest BCUT2D eigenvalue weighted by atomic mass is 16.2. The first-order valence-electron chi connectivity index (χ1n) is 5.93. The summed E-state index contributed by atoms with van der Waals surface area (Å²) in [6.45, 7) is 3.63. The molecule has 0 saturated carbocycles. The number of amides is 2. The van der Waals surface area contributed by atoms with Crippen LogP contribution >= 0.6 is 0 Å². The number of nitrogens with zero attached hydrogens (tertiary/aromatic N) is 3. The van der Waals surface area contributed by atoms with E-state index in [2.05, 4.69) is 15.2 Å². The fourth-order valence-electron chi connectivity index (χ4n) is 2.26. The van der Waals surface area contributed by atoms with Crippen LogP contribution < -0.4 is 0 Å². The number of aromatic amines is 1. The molecule has 0 radical (unpaired) electrons. The van der Waals surface area contributed by atoms with Crippen molar-refractivity contribution >= 4 is 11.8 Å². The summed E-state index contributed by atoms with van der Waals surface area (Å²) in [5.41, 5.74) is 1.85. The van der Waals surface area contributed by atoms with Gasteiger partial charge in [-0.3, -0.25) is 19.6 Å². The summed E-state index contributed by atoms with van der Waals surface area (Å²) < 4.78 is 0. The number of hydrogen-bond acceptors (Lipinski definition) is 4.